The number of carboxylic acid groups (broad SMARTS) is 1. The van der Waals surface area contributed by atoms with E-state index in [0.29, 0.717) is 0 Å². The Kier molecular flexibility index (Phi) is 5.78. The minimum atomic E-state index is -3.60. The van der Waals surface area contributed by atoms with E-state index in [0.717, 1.165) is 6.92 Å². The molecule has 0 spiro atoms. The minimum absolute atomic E-state index is 0.783. The minimum Gasteiger partial charge on any atom is -0.544 e. The van der Waals surface area contributed by atoms with Gasteiger partial charge in [-0.05, 0) is 0 Å². The third-order valence-electron chi connectivity index (χ3n) is 3.29. The lowest BCUT2D eigenvalue weighted by molar-refractivity contribution is -0.386. The van der Waals surface area contributed by atoms with E-state index in [9.17, 15) is 39.5 Å². The standard InChI is InChI=1S/C11H18FNO9/c1-3(15)13-5-7(18)9(12)11(21,10(19)20)22-8(5)6(17)4(16)2-14/h4-9,14,16-18,21H,2H2,1H3,(H,13,15)(H,19,20)/p-1/t4-,5-,6-,7-,8?,9?,11?/m1/s1. The zero-order valence-corrected chi connectivity index (χ0v) is 11.4. The molecule has 0 aromatic rings. The van der Waals surface area contributed by atoms with Gasteiger partial charge in [-0.1, -0.05) is 0 Å². The number of aliphatic hydroxyl groups excluding tert-OH is 4. The number of alkyl halides is 1. The molecule has 0 radical (unpaired) electrons. The molecule has 0 aromatic heterocycles. The van der Waals surface area contributed by atoms with Crippen LogP contribution in [0, 0.1) is 0 Å². The van der Waals surface area contributed by atoms with Gasteiger partial charge in [0.05, 0.1) is 12.6 Å². The van der Waals surface area contributed by atoms with Crippen molar-refractivity contribution < 1.29 is 49.4 Å². The summed E-state index contributed by atoms with van der Waals surface area (Å²) in [6.07, 6.45) is -11.0. The van der Waals surface area contributed by atoms with Crippen LogP contribution in [0.2, 0.25) is 0 Å². The molecule has 7 atom stereocenters. The van der Waals surface area contributed by atoms with E-state index < -0.39 is 60.9 Å². The van der Waals surface area contributed by atoms with Crippen molar-refractivity contribution >= 4 is 11.9 Å². The van der Waals surface area contributed by atoms with Crippen molar-refractivity contribution in [2.45, 2.75) is 49.3 Å². The Morgan fingerprint density at radius 2 is 2.00 bits per heavy atom. The van der Waals surface area contributed by atoms with Crippen LogP contribution in [0.1, 0.15) is 6.92 Å². The van der Waals surface area contributed by atoms with Gasteiger partial charge in [0, 0.05) is 6.92 Å². The third kappa shape index (κ3) is 3.34. The van der Waals surface area contributed by atoms with Crippen LogP contribution in [0.4, 0.5) is 4.39 Å². The first-order chi connectivity index (χ1) is 10.1. The summed E-state index contributed by atoms with van der Waals surface area (Å²) in [5, 5.41) is 60.2. The van der Waals surface area contributed by atoms with E-state index in [4.69, 9.17) is 5.11 Å². The Bertz CT molecular complexity index is 436. The van der Waals surface area contributed by atoms with Crippen molar-refractivity contribution in [3.63, 3.8) is 0 Å². The summed E-state index contributed by atoms with van der Waals surface area (Å²) in [7, 11) is 0. The molecule has 0 aliphatic carbocycles. The summed E-state index contributed by atoms with van der Waals surface area (Å²) in [5.41, 5.74) is 0. The Balaban J connectivity index is 3.19. The van der Waals surface area contributed by atoms with Crippen molar-refractivity contribution in [2.75, 3.05) is 6.61 Å². The molecule has 128 valence electrons. The summed E-state index contributed by atoms with van der Waals surface area (Å²) < 4.78 is 18.4. The number of aliphatic hydroxyl groups is 5. The molecule has 0 bridgehead atoms. The van der Waals surface area contributed by atoms with Gasteiger partial charge >= 0.3 is 0 Å². The molecular weight excluding hydrogens is 309 g/mol. The molecule has 10 nitrogen and oxygen atoms in total. The van der Waals surface area contributed by atoms with Gasteiger partial charge in [-0.25, -0.2) is 4.39 Å². The molecule has 0 aromatic carbocycles. The lowest BCUT2D eigenvalue weighted by Crippen LogP contribution is -2.74. The highest BCUT2D eigenvalue weighted by molar-refractivity contribution is 5.75. The Hall–Kier alpha value is -1.37. The Morgan fingerprint density at radius 3 is 2.41 bits per heavy atom. The number of carbonyl (C=O) groups excluding carboxylic acids is 2. The first-order valence-electron chi connectivity index (χ1n) is 6.24. The zero-order chi connectivity index (χ0) is 17.2. The summed E-state index contributed by atoms with van der Waals surface area (Å²) >= 11 is 0. The molecule has 1 aliphatic rings. The Morgan fingerprint density at radius 1 is 1.45 bits per heavy atom. The molecule has 0 saturated carbocycles. The molecule has 11 heteroatoms. The number of aliphatic carboxylic acids is 1. The fraction of sp³-hybridized carbons (Fsp3) is 0.818. The summed E-state index contributed by atoms with van der Waals surface area (Å²) in [6.45, 7) is 0.0120. The van der Waals surface area contributed by atoms with E-state index in [1.807, 2.05) is 5.32 Å². The maximum absolute atomic E-state index is 13.9. The normalized spacial score (nSPS) is 38.1. The third-order valence-corrected chi connectivity index (χ3v) is 3.29. The van der Waals surface area contributed by atoms with E-state index in [2.05, 4.69) is 4.74 Å². The van der Waals surface area contributed by atoms with Crippen LogP contribution in [-0.4, -0.2) is 86.4 Å². The predicted molar refractivity (Wildman–Crippen MR) is 62.4 cm³/mol. The smallest absolute Gasteiger partial charge is 0.242 e. The second-order valence-electron chi connectivity index (χ2n) is 4.93. The van der Waals surface area contributed by atoms with Crippen LogP contribution in [0.15, 0.2) is 0 Å². The maximum Gasteiger partial charge on any atom is 0.242 e. The van der Waals surface area contributed by atoms with Gasteiger partial charge in [0.15, 0.2) is 6.17 Å². The van der Waals surface area contributed by atoms with Gasteiger partial charge < -0.3 is 45.5 Å². The fourth-order valence-electron chi connectivity index (χ4n) is 2.13. The number of carboxylic acids is 1. The van der Waals surface area contributed by atoms with Gasteiger partial charge in [-0.3, -0.25) is 4.79 Å². The molecule has 1 amide bonds. The molecule has 3 unspecified atom stereocenters. The number of amides is 1. The molecule has 1 aliphatic heterocycles. The molecule has 1 fully saturated rings. The summed E-state index contributed by atoms with van der Waals surface area (Å²) in [5.74, 6) is -6.81. The number of halogens is 1. The lowest BCUT2D eigenvalue weighted by atomic mass is 9.87. The number of carbonyl (C=O) groups is 2. The van der Waals surface area contributed by atoms with E-state index in [1.54, 1.807) is 0 Å². The molecule has 1 heterocycles. The van der Waals surface area contributed by atoms with Crippen LogP contribution in [-0.2, 0) is 14.3 Å². The second-order valence-corrected chi connectivity index (χ2v) is 4.93. The van der Waals surface area contributed by atoms with Crippen molar-refractivity contribution in [3.8, 4) is 0 Å². The number of ether oxygens (including phenoxy) is 1. The van der Waals surface area contributed by atoms with Crippen molar-refractivity contribution in [1.82, 2.24) is 5.32 Å². The van der Waals surface area contributed by atoms with Crippen LogP contribution < -0.4 is 10.4 Å². The number of nitrogens with one attached hydrogen (secondary N) is 1. The highest BCUT2D eigenvalue weighted by atomic mass is 19.1. The monoisotopic (exact) mass is 326 g/mol. The SMILES string of the molecule is CC(=O)N[C@H]1C([C@H](O)[C@H](O)CO)OC(O)(C(=O)[O-])C(F)[C@@H]1O. The van der Waals surface area contributed by atoms with Gasteiger partial charge in [0.2, 0.25) is 11.7 Å². The Labute approximate surface area is 123 Å². The van der Waals surface area contributed by atoms with Gasteiger partial charge in [0.1, 0.15) is 30.4 Å². The average molecular weight is 326 g/mol. The molecule has 6 N–H and O–H groups in total. The molecular formula is C11H17FNO9-. The van der Waals surface area contributed by atoms with Crippen molar-refractivity contribution in [3.05, 3.63) is 0 Å². The average Bonchev–Trinajstić information content (AvgIpc) is 2.45. The topological polar surface area (TPSA) is 180 Å². The van der Waals surface area contributed by atoms with Crippen LogP contribution in [0.5, 0.6) is 0 Å². The first kappa shape index (κ1) is 18.7. The van der Waals surface area contributed by atoms with Gasteiger partial charge in [-0.15, -0.1) is 0 Å². The largest absolute Gasteiger partial charge is 0.544 e. The molecule has 1 rings (SSSR count). The van der Waals surface area contributed by atoms with Crippen LogP contribution >= 0.6 is 0 Å². The molecule has 1 saturated heterocycles. The van der Waals surface area contributed by atoms with Crippen LogP contribution in [0.25, 0.3) is 0 Å². The van der Waals surface area contributed by atoms with Crippen molar-refractivity contribution in [2.24, 2.45) is 0 Å². The van der Waals surface area contributed by atoms with Gasteiger partial charge in [0.25, 0.3) is 0 Å². The lowest BCUT2D eigenvalue weighted by Gasteiger charge is -2.48. The number of rotatable bonds is 5. The highest BCUT2D eigenvalue weighted by Gasteiger charge is 2.57. The highest BCUT2D eigenvalue weighted by Crippen LogP contribution is 2.32. The van der Waals surface area contributed by atoms with Crippen molar-refractivity contribution in [1.29, 1.82) is 0 Å². The maximum atomic E-state index is 13.9. The number of hydrogen-bond acceptors (Lipinski definition) is 9. The van der Waals surface area contributed by atoms with Crippen LogP contribution in [0.3, 0.4) is 0 Å². The summed E-state index contributed by atoms with van der Waals surface area (Å²) in [6, 6.07) is -1.69. The molecule has 22 heavy (non-hydrogen) atoms. The summed E-state index contributed by atoms with van der Waals surface area (Å²) in [4.78, 5) is 21.9. The van der Waals surface area contributed by atoms with Gasteiger partial charge in [-0.2, -0.15) is 0 Å². The number of hydrogen-bond donors (Lipinski definition) is 6. The second kappa shape index (κ2) is 6.81. The fourth-order valence-corrected chi connectivity index (χ4v) is 2.13. The van der Waals surface area contributed by atoms with E-state index >= 15 is 0 Å². The zero-order valence-electron chi connectivity index (χ0n) is 11.4. The van der Waals surface area contributed by atoms with E-state index in [1.165, 1.54) is 0 Å². The quantitative estimate of drug-likeness (QED) is 0.288. The predicted octanol–water partition coefficient (Wildman–Crippen LogP) is -5.26. The first-order valence-corrected chi connectivity index (χ1v) is 6.24. The van der Waals surface area contributed by atoms with E-state index in [-0.39, 0.29) is 0 Å².